The van der Waals surface area contributed by atoms with E-state index in [-0.39, 0.29) is 5.91 Å². The number of rotatable bonds is 3. The Labute approximate surface area is 129 Å². The molecule has 3 heterocycles. The van der Waals surface area contributed by atoms with Gasteiger partial charge in [-0.3, -0.25) is 4.79 Å². The van der Waals surface area contributed by atoms with Gasteiger partial charge >= 0.3 is 0 Å². The summed E-state index contributed by atoms with van der Waals surface area (Å²) in [6, 6.07) is 2.89. The van der Waals surface area contributed by atoms with Crippen LogP contribution < -0.4 is 0 Å². The third-order valence-electron chi connectivity index (χ3n) is 4.78. The fourth-order valence-corrected chi connectivity index (χ4v) is 3.19. The zero-order chi connectivity index (χ0) is 15.3. The van der Waals surface area contributed by atoms with Crippen LogP contribution in [0.1, 0.15) is 35.7 Å². The molecule has 2 aromatic heterocycles. The number of pyridine rings is 1. The monoisotopic (exact) mass is 299 g/mol. The van der Waals surface area contributed by atoms with Crippen LogP contribution in [0.5, 0.6) is 0 Å². The third-order valence-corrected chi connectivity index (χ3v) is 4.78. The molecule has 2 fully saturated rings. The van der Waals surface area contributed by atoms with Crippen molar-refractivity contribution >= 4 is 17.1 Å². The Balaban J connectivity index is 1.57. The molecule has 116 valence electrons. The van der Waals surface area contributed by atoms with E-state index in [1.807, 2.05) is 17.3 Å². The van der Waals surface area contributed by atoms with E-state index in [0.717, 1.165) is 30.7 Å². The molecule has 0 unspecified atom stereocenters. The summed E-state index contributed by atoms with van der Waals surface area (Å²) in [4.78, 5) is 25.7. The summed E-state index contributed by atoms with van der Waals surface area (Å²) >= 11 is 0. The van der Waals surface area contributed by atoms with Crippen LogP contribution in [0.4, 0.5) is 0 Å². The smallest absolute Gasteiger partial charge is 0.255 e. The summed E-state index contributed by atoms with van der Waals surface area (Å²) < 4.78 is 2.13. The second-order valence-electron chi connectivity index (χ2n) is 6.61. The van der Waals surface area contributed by atoms with Crippen LogP contribution in [-0.4, -0.2) is 63.5 Å². The van der Waals surface area contributed by atoms with E-state index < -0.39 is 0 Å². The number of likely N-dealkylation sites (N-methyl/N-ethyl adjacent to an activating group) is 1. The largest absolute Gasteiger partial charge is 0.337 e. The lowest BCUT2D eigenvalue weighted by atomic mass is 10.2. The molecule has 6 nitrogen and oxygen atoms in total. The molecule has 1 amide bonds. The minimum absolute atomic E-state index is 0.0692. The minimum Gasteiger partial charge on any atom is -0.337 e. The van der Waals surface area contributed by atoms with Crippen molar-refractivity contribution in [2.45, 2.75) is 31.3 Å². The van der Waals surface area contributed by atoms with Crippen LogP contribution in [0, 0.1) is 0 Å². The normalized spacial score (nSPS) is 22.0. The summed E-state index contributed by atoms with van der Waals surface area (Å²) in [7, 11) is 4.13. The number of likely N-dealkylation sites (tertiary alicyclic amines) is 1. The van der Waals surface area contributed by atoms with E-state index in [2.05, 4.69) is 33.5 Å². The second-order valence-corrected chi connectivity index (χ2v) is 6.61. The van der Waals surface area contributed by atoms with Crippen molar-refractivity contribution in [3.8, 4) is 0 Å². The van der Waals surface area contributed by atoms with Crippen LogP contribution in [0.3, 0.4) is 0 Å². The first-order chi connectivity index (χ1) is 10.6. The maximum atomic E-state index is 12.6. The predicted octanol–water partition coefficient (Wildman–Crippen LogP) is 1.54. The quantitative estimate of drug-likeness (QED) is 0.863. The van der Waals surface area contributed by atoms with E-state index in [4.69, 9.17) is 0 Å². The molecule has 1 aliphatic heterocycles. The molecular weight excluding hydrogens is 278 g/mol. The zero-order valence-electron chi connectivity index (χ0n) is 13.1. The standard InChI is InChI=1S/C16H21N5O/c1-19(2)13-5-6-20(9-13)16(22)11-7-14-15(17-8-11)21(10-18-14)12-3-4-12/h7-8,10,12-13H,3-6,9H2,1-2H3/t13-/m0/s1. The first-order valence-electron chi connectivity index (χ1n) is 7.92. The lowest BCUT2D eigenvalue weighted by Gasteiger charge is -2.20. The van der Waals surface area contributed by atoms with Gasteiger partial charge in [0.25, 0.3) is 5.91 Å². The Kier molecular flexibility index (Phi) is 3.14. The Morgan fingerprint density at radius 1 is 1.27 bits per heavy atom. The van der Waals surface area contributed by atoms with Crippen molar-refractivity contribution < 1.29 is 4.79 Å². The number of hydrogen-bond donors (Lipinski definition) is 0. The molecule has 1 saturated heterocycles. The lowest BCUT2D eigenvalue weighted by Crippen LogP contribution is -2.34. The number of carbonyl (C=O) groups is 1. The molecule has 0 bridgehead atoms. The van der Waals surface area contributed by atoms with Crippen LogP contribution in [0.2, 0.25) is 0 Å². The highest BCUT2D eigenvalue weighted by molar-refractivity contribution is 5.96. The summed E-state index contributed by atoms with van der Waals surface area (Å²) in [6.07, 6.45) is 6.99. The van der Waals surface area contributed by atoms with Gasteiger partial charge in [-0.1, -0.05) is 0 Å². The summed E-state index contributed by atoms with van der Waals surface area (Å²) in [6.45, 7) is 1.61. The van der Waals surface area contributed by atoms with E-state index in [0.29, 0.717) is 17.6 Å². The average Bonchev–Trinajstić information content (AvgIpc) is 3.09. The predicted molar refractivity (Wildman–Crippen MR) is 83.8 cm³/mol. The van der Waals surface area contributed by atoms with Crippen molar-refractivity contribution in [1.82, 2.24) is 24.3 Å². The highest BCUT2D eigenvalue weighted by Crippen LogP contribution is 2.36. The Morgan fingerprint density at radius 3 is 2.77 bits per heavy atom. The molecule has 1 saturated carbocycles. The molecule has 2 aliphatic rings. The van der Waals surface area contributed by atoms with Crippen LogP contribution in [0.15, 0.2) is 18.6 Å². The van der Waals surface area contributed by atoms with Crippen LogP contribution in [0.25, 0.3) is 11.2 Å². The summed E-state index contributed by atoms with van der Waals surface area (Å²) in [5, 5.41) is 0. The van der Waals surface area contributed by atoms with Crippen molar-refractivity contribution in [2.75, 3.05) is 27.2 Å². The lowest BCUT2D eigenvalue weighted by molar-refractivity contribution is 0.0783. The number of hydrogen-bond acceptors (Lipinski definition) is 4. The first kappa shape index (κ1) is 13.7. The van der Waals surface area contributed by atoms with Crippen molar-refractivity contribution in [2.24, 2.45) is 0 Å². The topological polar surface area (TPSA) is 54.3 Å². The highest BCUT2D eigenvalue weighted by Gasteiger charge is 2.29. The average molecular weight is 299 g/mol. The molecule has 6 heteroatoms. The Morgan fingerprint density at radius 2 is 2.09 bits per heavy atom. The van der Waals surface area contributed by atoms with Crippen LogP contribution in [-0.2, 0) is 0 Å². The number of nitrogens with zero attached hydrogens (tertiary/aromatic N) is 5. The molecule has 4 rings (SSSR count). The molecule has 0 spiro atoms. The van der Waals surface area contributed by atoms with E-state index in [1.165, 1.54) is 12.8 Å². The molecule has 0 radical (unpaired) electrons. The van der Waals surface area contributed by atoms with E-state index in [1.54, 1.807) is 6.20 Å². The number of carbonyl (C=O) groups excluding carboxylic acids is 1. The van der Waals surface area contributed by atoms with Crippen molar-refractivity contribution in [1.29, 1.82) is 0 Å². The van der Waals surface area contributed by atoms with Crippen LogP contribution >= 0.6 is 0 Å². The number of imidazole rings is 1. The van der Waals surface area contributed by atoms with Gasteiger partial charge in [-0.05, 0) is 39.4 Å². The molecule has 1 aliphatic carbocycles. The van der Waals surface area contributed by atoms with E-state index in [9.17, 15) is 4.79 Å². The van der Waals surface area contributed by atoms with Gasteiger partial charge in [0.05, 0.1) is 11.9 Å². The van der Waals surface area contributed by atoms with Gasteiger partial charge in [0.2, 0.25) is 0 Å². The van der Waals surface area contributed by atoms with Gasteiger partial charge in [-0.15, -0.1) is 0 Å². The third kappa shape index (κ3) is 2.27. The molecule has 2 aromatic rings. The molecule has 0 aromatic carbocycles. The molecule has 0 N–H and O–H groups in total. The SMILES string of the molecule is CN(C)[C@H]1CCN(C(=O)c2cnc3c(c2)ncn3C2CC2)C1. The van der Waals surface area contributed by atoms with Gasteiger partial charge in [-0.25, -0.2) is 9.97 Å². The fraction of sp³-hybridized carbons (Fsp3) is 0.562. The maximum absolute atomic E-state index is 12.6. The second kappa shape index (κ2) is 5.05. The summed E-state index contributed by atoms with van der Waals surface area (Å²) in [5.41, 5.74) is 2.36. The zero-order valence-corrected chi connectivity index (χ0v) is 13.1. The maximum Gasteiger partial charge on any atom is 0.255 e. The Bertz CT molecular complexity index is 718. The van der Waals surface area contributed by atoms with Gasteiger partial charge in [0.15, 0.2) is 5.65 Å². The van der Waals surface area contributed by atoms with Gasteiger partial charge in [-0.2, -0.15) is 0 Å². The minimum atomic E-state index is 0.0692. The Hall–Kier alpha value is -1.95. The number of amides is 1. The van der Waals surface area contributed by atoms with Crippen molar-refractivity contribution in [3.63, 3.8) is 0 Å². The van der Waals surface area contributed by atoms with Crippen molar-refractivity contribution in [3.05, 3.63) is 24.2 Å². The fourth-order valence-electron chi connectivity index (χ4n) is 3.19. The van der Waals surface area contributed by atoms with Gasteiger partial charge < -0.3 is 14.4 Å². The van der Waals surface area contributed by atoms with E-state index >= 15 is 0 Å². The van der Waals surface area contributed by atoms with Gasteiger partial charge in [0.1, 0.15) is 5.52 Å². The number of fused-ring (bicyclic) bond motifs is 1. The highest BCUT2D eigenvalue weighted by atomic mass is 16.2. The first-order valence-corrected chi connectivity index (χ1v) is 7.92. The number of aromatic nitrogens is 3. The molecule has 22 heavy (non-hydrogen) atoms. The molecule has 1 atom stereocenters. The molecular formula is C16H21N5O. The van der Waals surface area contributed by atoms with Gasteiger partial charge in [0, 0.05) is 31.4 Å². The summed E-state index contributed by atoms with van der Waals surface area (Å²) in [5.74, 6) is 0.0692.